The summed E-state index contributed by atoms with van der Waals surface area (Å²) in [6.45, 7) is 0. The van der Waals surface area contributed by atoms with Crippen LogP contribution in [0.5, 0.6) is 0 Å². The third-order valence-electron chi connectivity index (χ3n) is 11.0. The van der Waals surface area contributed by atoms with Gasteiger partial charge in [0, 0.05) is 33.2 Å². The Balaban J connectivity index is 1.09. The summed E-state index contributed by atoms with van der Waals surface area (Å²) in [6, 6.07) is 71.5. The second kappa shape index (κ2) is 12.6. The predicted octanol–water partition coefficient (Wildman–Crippen LogP) is 13.7. The maximum atomic E-state index is 5.34. The molecule has 3 heteroatoms. The number of benzene rings is 9. The molecule has 0 aliphatic rings. The number of aromatic nitrogens is 3. The molecule has 2 aromatic heterocycles. The van der Waals surface area contributed by atoms with Gasteiger partial charge in [0.25, 0.3) is 0 Å². The maximum Gasteiger partial charge on any atom is 0.160 e. The summed E-state index contributed by atoms with van der Waals surface area (Å²) in [5.41, 5.74) is 10.8. The number of nitrogens with zero attached hydrogens (tertiary/aromatic N) is 3. The summed E-state index contributed by atoms with van der Waals surface area (Å²) in [7, 11) is 0. The Hall–Kier alpha value is -7.36. The molecule has 0 N–H and O–H groups in total. The normalized spacial score (nSPS) is 11.6. The largest absolute Gasteiger partial charge is 0.309 e. The molecule has 0 aliphatic carbocycles. The van der Waals surface area contributed by atoms with Gasteiger partial charge in [-0.15, -0.1) is 0 Å². The Morgan fingerprint density at radius 1 is 0.327 bits per heavy atom. The van der Waals surface area contributed by atoms with Gasteiger partial charge in [-0.2, -0.15) is 0 Å². The summed E-state index contributed by atoms with van der Waals surface area (Å²) in [4.78, 5) is 10.6. The van der Waals surface area contributed by atoms with Crippen LogP contribution < -0.4 is 0 Å². The minimum absolute atomic E-state index is 0.706. The number of para-hydroxylation sites is 2. The zero-order valence-electron chi connectivity index (χ0n) is 29.9. The van der Waals surface area contributed by atoms with Crippen molar-refractivity contribution in [3.8, 4) is 50.7 Å². The van der Waals surface area contributed by atoms with Gasteiger partial charge in [-0.25, -0.2) is 9.97 Å². The van der Waals surface area contributed by atoms with Crippen LogP contribution in [0.2, 0.25) is 0 Å². The van der Waals surface area contributed by atoms with Crippen LogP contribution in [0.25, 0.3) is 105 Å². The molecule has 2 heterocycles. The van der Waals surface area contributed by atoms with Gasteiger partial charge in [0.1, 0.15) is 0 Å². The van der Waals surface area contributed by atoms with Gasteiger partial charge in [-0.1, -0.05) is 164 Å². The molecule has 3 nitrogen and oxygen atoms in total. The van der Waals surface area contributed by atoms with E-state index >= 15 is 0 Å². The lowest BCUT2D eigenvalue weighted by Crippen LogP contribution is -1.97. The second-order valence-corrected chi connectivity index (χ2v) is 14.2. The van der Waals surface area contributed by atoms with E-state index < -0.39 is 0 Å². The SMILES string of the molecule is c1ccc(-c2nc(-c3ccc(-c4ccc5c6ccccc6n(-c6ccccc6)c5c4)cc3)cc(-c3c4ccccc4cc4ccc5ccccc5c34)n2)cc1. The topological polar surface area (TPSA) is 30.7 Å². The van der Waals surface area contributed by atoms with Crippen molar-refractivity contribution in [1.29, 1.82) is 0 Å². The summed E-state index contributed by atoms with van der Waals surface area (Å²) in [5.74, 6) is 0.706. The molecule has 11 aromatic rings. The molecule has 55 heavy (non-hydrogen) atoms. The summed E-state index contributed by atoms with van der Waals surface area (Å²) >= 11 is 0. The lowest BCUT2D eigenvalue weighted by Gasteiger charge is -2.16. The first-order valence-electron chi connectivity index (χ1n) is 18.7. The lowest BCUT2D eigenvalue weighted by atomic mass is 9.90. The number of fused-ring (bicyclic) bond motifs is 7. The zero-order valence-corrected chi connectivity index (χ0v) is 29.9. The Labute approximate surface area is 318 Å². The monoisotopic (exact) mass is 699 g/mol. The Bertz CT molecular complexity index is 3230. The van der Waals surface area contributed by atoms with Gasteiger partial charge in [-0.05, 0) is 79.8 Å². The number of rotatable bonds is 5. The first-order valence-corrected chi connectivity index (χ1v) is 18.7. The first-order chi connectivity index (χ1) is 27.3. The van der Waals surface area contributed by atoms with Gasteiger partial charge < -0.3 is 4.57 Å². The molecule has 9 aromatic carbocycles. The van der Waals surface area contributed by atoms with Gasteiger partial charge in [0.2, 0.25) is 0 Å². The van der Waals surface area contributed by atoms with Gasteiger partial charge in [-0.3, -0.25) is 0 Å². The Kier molecular flexibility index (Phi) is 7.17. The van der Waals surface area contributed by atoms with E-state index in [4.69, 9.17) is 9.97 Å². The van der Waals surface area contributed by atoms with Crippen molar-refractivity contribution in [2.45, 2.75) is 0 Å². The number of hydrogen-bond acceptors (Lipinski definition) is 2. The molecule has 0 saturated heterocycles. The Morgan fingerprint density at radius 3 is 1.75 bits per heavy atom. The van der Waals surface area contributed by atoms with Gasteiger partial charge >= 0.3 is 0 Å². The van der Waals surface area contributed by atoms with E-state index in [1.165, 1.54) is 59.7 Å². The molecule has 0 bridgehead atoms. The maximum absolute atomic E-state index is 5.34. The lowest BCUT2D eigenvalue weighted by molar-refractivity contribution is 1.18. The van der Waals surface area contributed by atoms with Crippen molar-refractivity contribution in [2.24, 2.45) is 0 Å². The number of hydrogen-bond donors (Lipinski definition) is 0. The highest BCUT2D eigenvalue weighted by Gasteiger charge is 2.18. The van der Waals surface area contributed by atoms with E-state index in [0.29, 0.717) is 5.82 Å². The van der Waals surface area contributed by atoms with Gasteiger partial charge in [0.05, 0.1) is 22.4 Å². The van der Waals surface area contributed by atoms with E-state index in [1.807, 2.05) is 6.07 Å². The van der Waals surface area contributed by atoms with Crippen molar-refractivity contribution < 1.29 is 0 Å². The smallest absolute Gasteiger partial charge is 0.160 e. The quantitative estimate of drug-likeness (QED) is 0.132. The average molecular weight is 700 g/mol. The van der Waals surface area contributed by atoms with Crippen LogP contribution in [0.1, 0.15) is 0 Å². The highest BCUT2D eigenvalue weighted by Crippen LogP contribution is 2.41. The molecule has 0 spiro atoms. The fourth-order valence-corrected chi connectivity index (χ4v) is 8.38. The zero-order chi connectivity index (χ0) is 36.3. The minimum atomic E-state index is 0.706. The Morgan fingerprint density at radius 2 is 0.927 bits per heavy atom. The molecule has 0 fully saturated rings. The van der Waals surface area contributed by atoms with Crippen LogP contribution in [0.15, 0.2) is 200 Å². The van der Waals surface area contributed by atoms with Crippen molar-refractivity contribution in [3.63, 3.8) is 0 Å². The molecular weight excluding hydrogens is 667 g/mol. The molecule has 256 valence electrons. The van der Waals surface area contributed by atoms with Crippen LogP contribution in [0.4, 0.5) is 0 Å². The highest BCUT2D eigenvalue weighted by molar-refractivity contribution is 6.21. The molecular formula is C52H33N3. The van der Waals surface area contributed by atoms with Crippen LogP contribution in [0, 0.1) is 0 Å². The molecule has 11 rings (SSSR count). The standard InChI is InChI=1S/C52H33N3/c1-3-14-37(15-4-1)52-53-46(33-47(54-52)51-43-20-10-8-16-39(43)31-40-28-25-35-13-7-9-19-42(35)50(40)51)36-26-23-34(24-27-36)38-29-30-45-44-21-11-12-22-48(44)55(49(45)32-38)41-17-5-2-6-18-41/h1-33H. The van der Waals surface area contributed by atoms with E-state index in [2.05, 4.69) is 199 Å². The molecule has 0 saturated carbocycles. The average Bonchev–Trinajstić information content (AvgIpc) is 3.59. The fraction of sp³-hybridized carbons (Fsp3) is 0. The third kappa shape index (κ3) is 5.20. The summed E-state index contributed by atoms with van der Waals surface area (Å²) in [6.07, 6.45) is 0. The fourth-order valence-electron chi connectivity index (χ4n) is 8.38. The molecule has 0 atom stereocenters. The predicted molar refractivity (Wildman–Crippen MR) is 231 cm³/mol. The third-order valence-corrected chi connectivity index (χ3v) is 11.0. The molecule has 0 aliphatic heterocycles. The van der Waals surface area contributed by atoms with Crippen LogP contribution in [-0.4, -0.2) is 14.5 Å². The van der Waals surface area contributed by atoms with E-state index in [1.54, 1.807) is 0 Å². The summed E-state index contributed by atoms with van der Waals surface area (Å²) < 4.78 is 2.37. The van der Waals surface area contributed by atoms with Gasteiger partial charge in [0.15, 0.2) is 5.82 Å². The second-order valence-electron chi connectivity index (χ2n) is 14.2. The molecule has 0 amide bonds. The van der Waals surface area contributed by atoms with Crippen LogP contribution in [-0.2, 0) is 0 Å². The van der Waals surface area contributed by atoms with Crippen LogP contribution in [0.3, 0.4) is 0 Å². The highest BCUT2D eigenvalue weighted by atomic mass is 15.0. The van der Waals surface area contributed by atoms with E-state index in [0.717, 1.165) is 39.3 Å². The minimum Gasteiger partial charge on any atom is -0.309 e. The van der Waals surface area contributed by atoms with Crippen molar-refractivity contribution >= 4 is 54.1 Å². The van der Waals surface area contributed by atoms with Crippen molar-refractivity contribution in [2.75, 3.05) is 0 Å². The molecule has 0 unspecified atom stereocenters. The molecule has 0 radical (unpaired) electrons. The van der Waals surface area contributed by atoms with Crippen LogP contribution >= 0.6 is 0 Å². The van der Waals surface area contributed by atoms with Crippen molar-refractivity contribution in [3.05, 3.63) is 200 Å². The van der Waals surface area contributed by atoms with Crippen molar-refractivity contribution in [1.82, 2.24) is 14.5 Å². The summed E-state index contributed by atoms with van der Waals surface area (Å²) in [5, 5.41) is 9.69. The first kappa shape index (κ1) is 31.2. The van der Waals surface area contributed by atoms with E-state index in [9.17, 15) is 0 Å². The van der Waals surface area contributed by atoms with E-state index in [-0.39, 0.29) is 0 Å².